The summed E-state index contributed by atoms with van der Waals surface area (Å²) >= 11 is 0. The molecule has 1 aromatic carbocycles. The van der Waals surface area contributed by atoms with Crippen molar-refractivity contribution in [3.63, 3.8) is 0 Å². The maximum atomic E-state index is 13.4. The summed E-state index contributed by atoms with van der Waals surface area (Å²) < 4.78 is 54.1. The van der Waals surface area contributed by atoms with E-state index >= 15 is 0 Å². The predicted octanol–water partition coefficient (Wildman–Crippen LogP) is 2.03. The van der Waals surface area contributed by atoms with Crippen LogP contribution in [-0.2, 0) is 4.79 Å². The van der Waals surface area contributed by atoms with Gasteiger partial charge in [-0.25, -0.2) is 9.18 Å². The Bertz CT molecular complexity index is 527. The van der Waals surface area contributed by atoms with Gasteiger partial charge in [-0.2, -0.15) is 13.2 Å². The van der Waals surface area contributed by atoms with Crippen molar-refractivity contribution in [2.75, 3.05) is 12.4 Å². The first-order chi connectivity index (χ1) is 8.66. The second-order valence-electron chi connectivity index (χ2n) is 3.30. The number of alkyl halides is 3. The first-order valence-electron chi connectivity index (χ1n) is 4.65. The predicted molar refractivity (Wildman–Crippen MR) is 54.6 cm³/mol. The molecule has 1 rings (SSSR count). The largest absolute Gasteiger partial charge is 0.492 e. The molecule has 0 unspecified atom stereocenters. The Balaban J connectivity index is 3.24. The molecular weight excluding hydrogens is 274 g/mol. The number of carboxylic acids is 1. The van der Waals surface area contributed by atoms with E-state index in [1.54, 1.807) is 0 Å². The Kier molecular flexibility index (Phi) is 3.98. The lowest BCUT2D eigenvalue weighted by Gasteiger charge is -2.13. The van der Waals surface area contributed by atoms with Crippen LogP contribution in [0.5, 0.6) is 5.75 Å². The normalized spacial score (nSPS) is 11.0. The van der Waals surface area contributed by atoms with Crippen molar-refractivity contribution in [3.05, 3.63) is 23.5 Å². The van der Waals surface area contributed by atoms with Crippen LogP contribution in [0.25, 0.3) is 0 Å². The summed E-state index contributed by atoms with van der Waals surface area (Å²) in [6.45, 7) is 0. The van der Waals surface area contributed by atoms with Crippen LogP contribution in [0.3, 0.4) is 0 Å². The van der Waals surface area contributed by atoms with E-state index in [1.165, 1.54) is 5.32 Å². The molecule has 0 spiro atoms. The van der Waals surface area contributed by atoms with Crippen LogP contribution in [0.2, 0.25) is 0 Å². The van der Waals surface area contributed by atoms with Crippen molar-refractivity contribution < 1.29 is 37.0 Å². The molecule has 5 nitrogen and oxygen atoms in total. The number of rotatable bonds is 3. The smallest absolute Gasteiger partial charge is 0.471 e. The molecule has 0 atom stereocenters. The van der Waals surface area contributed by atoms with Crippen LogP contribution in [0, 0.1) is 5.82 Å². The Labute approximate surface area is 103 Å². The zero-order chi connectivity index (χ0) is 14.8. The summed E-state index contributed by atoms with van der Waals surface area (Å²) in [4.78, 5) is 21.4. The number of carboxylic acid groups (broad SMARTS) is 1. The summed E-state index contributed by atoms with van der Waals surface area (Å²) in [5.74, 6) is -5.83. The van der Waals surface area contributed by atoms with E-state index in [2.05, 4.69) is 4.74 Å². The van der Waals surface area contributed by atoms with E-state index in [4.69, 9.17) is 5.11 Å². The fourth-order valence-electron chi connectivity index (χ4n) is 1.21. The highest BCUT2D eigenvalue weighted by Crippen LogP contribution is 2.31. The van der Waals surface area contributed by atoms with E-state index in [9.17, 15) is 27.2 Å². The van der Waals surface area contributed by atoms with Gasteiger partial charge >= 0.3 is 18.1 Å². The maximum Gasteiger partial charge on any atom is 0.471 e. The van der Waals surface area contributed by atoms with Crippen molar-refractivity contribution in [3.8, 4) is 5.75 Å². The van der Waals surface area contributed by atoms with Crippen molar-refractivity contribution >= 4 is 17.6 Å². The maximum absolute atomic E-state index is 13.4. The van der Waals surface area contributed by atoms with E-state index in [0.29, 0.717) is 12.1 Å². The zero-order valence-corrected chi connectivity index (χ0v) is 9.34. The van der Waals surface area contributed by atoms with Gasteiger partial charge in [0.15, 0.2) is 11.6 Å². The molecule has 0 heterocycles. The SMILES string of the molecule is COc1c(F)cc(C(=O)O)cc1NC(=O)C(F)(F)F. The van der Waals surface area contributed by atoms with Gasteiger partial charge in [0.05, 0.1) is 18.4 Å². The Hall–Kier alpha value is -2.32. The van der Waals surface area contributed by atoms with Crippen molar-refractivity contribution in [1.29, 1.82) is 0 Å². The van der Waals surface area contributed by atoms with Crippen LogP contribution in [0.1, 0.15) is 10.4 Å². The lowest BCUT2D eigenvalue weighted by Crippen LogP contribution is -2.30. The highest BCUT2D eigenvalue weighted by Gasteiger charge is 2.39. The third kappa shape index (κ3) is 3.33. The van der Waals surface area contributed by atoms with E-state index in [1.807, 2.05) is 0 Å². The molecule has 9 heteroatoms. The Morgan fingerprint density at radius 3 is 2.32 bits per heavy atom. The molecule has 0 aromatic heterocycles. The number of hydrogen-bond acceptors (Lipinski definition) is 3. The van der Waals surface area contributed by atoms with Gasteiger partial charge in [-0.15, -0.1) is 0 Å². The van der Waals surface area contributed by atoms with Gasteiger partial charge in [-0.3, -0.25) is 4.79 Å². The molecule has 0 saturated heterocycles. The standard InChI is InChI=1S/C10H7F4NO4/c1-19-7-5(11)2-4(8(16)17)3-6(7)15-9(18)10(12,13)14/h2-3H,1H3,(H,15,18)(H,16,17). The number of methoxy groups -OCH3 is 1. The first-order valence-corrected chi connectivity index (χ1v) is 4.65. The second kappa shape index (κ2) is 5.12. The van der Waals surface area contributed by atoms with Crippen LogP contribution >= 0.6 is 0 Å². The minimum absolute atomic E-state index is 0.560. The second-order valence-corrected chi connectivity index (χ2v) is 3.30. The number of amides is 1. The fourth-order valence-corrected chi connectivity index (χ4v) is 1.21. The number of anilines is 1. The van der Waals surface area contributed by atoms with Gasteiger partial charge in [0.25, 0.3) is 0 Å². The number of ether oxygens (including phenoxy) is 1. The number of nitrogens with one attached hydrogen (secondary N) is 1. The van der Waals surface area contributed by atoms with E-state index < -0.39 is 40.9 Å². The number of hydrogen-bond donors (Lipinski definition) is 2. The summed E-state index contributed by atoms with van der Waals surface area (Å²) in [5, 5.41) is 9.99. The molecule has 0 aliphatic rings. The molecule has 104 valence electrons. The minimum Gasteiger partial charge on any atom is -0.492 e. The van der Waals surface area contributed by atoms with Crippen LogP contribution in [0.4, 0.5) is 23.2 Å². The number of halogens is 4. The molecular formula is C10H7F4NO4. The molecule has 0 fully saturated rings. The van der Waals surface area contributed by atoms with Gasteiger partial charge < -0.3 is 15.2 Å². The average Bonchev–Trinajstić information content (AvgIpc) is 2.27. The van der Waals surface area contributed by atoms with Crippen molar-refractivity contribution in [2.45, 2.75) is 6.18 Å². The summed E-state index contributed by atoms with van der Waals surface area (Å²) in [7, 11) is 0.960. The lowest BCUT2D eigenvalue weighted by atomic mass is 10.1. The number of carbonyl (C=O) groups excluding carboxylic acids is 1. The van der Waals surface area contributed by atoms with Gasteiger partial charge in [0.1, 0.15) is 0 Å². The Morgan fingerprint density at radius 2 is 1.89 bits per heavy atom. The lowest BCUT2D eigenvalue weighted by molar-refractivity contribution is -0.167. The molecule has 19 heavy (non-hydrogen) atoms. The summed E-state index contributed by atoms with van der Waals surface area (Å²) in [6, 6.07) is 1.22. The third-order valence-corrected chi connectivity index (χ3v) is 2.00. The zero-order valence-electron chi connectivity index (χ0n) is 9.34. The minimum atomic E-state index is -5.19. The van der Waals surface area contributed by atoms with Crippen LogP contribution in [0.15, 0.2) is 12.1 Å². The molecule has 0 aliphatic carbocycles. The number of carbonyl (C=O) groups is 2. The fraction of sp³-hybridized carbons (Fsp3) is 0.200. The monoisotopic (exact) mass is 281 g/mol. The molecule has 2 N–H and O–H groups in total. The highest BCUT2D eigenvalue weighted by atomic mass is 19.4. The highest BCUT2D eigenvalue weighted by molar-refractivity contribution is 5.98. The van der Waals surface area contributed by atoms with Gasteiger partial charge in [-0.05, 0) is 12.1 Å². The van der Waals surface area contributed by atoms with Crippen LogP contribution < -0.4 is 10.1 Å². The van der Waals surface area contributed by atoms with Gasteiger partial charge in [0, 0.05) is 0 Å². The molecule has 0 saturated carbocycles. The topological polar surface area (TPSA) is 75.6 Å². The Morgan fingerprint density at radius 1 is 1.32 bits per heavy atom. The summed E-state index contributed by atoms with van der Waals surface area (Å²) in [6.07, 6.45) is -5.19. The van der Waals surface area contributed by atoms with E-state index in [-0.39, 0.29) is 0 Å². The summed E-state index contributed by atoms with van der Waals surface area (Å²) in [5.41, 5.74) is -1.35. The molecule has 1 aromatic rings. The number of benzene rings is 1. The molecule has 0 aliphatic heterocycles. The van der Waals surface area contributed by atoms with Crippen molar-refractivity contribution in [1.82, 2.24) is 0 Å². The molecule has 1 amide bonds. The average molecular weight is 281 g/mol. The van der Waals surface area contributed by atoms with Gasteiger partial charge in [0.2, 0.25) is 0 Å². The van der Waals surface area contributed by atoms with Crippen LogP contribution in [-0.4, -0.2) is 30.3 Å². The molecule has 0 radical (unpaired) electrons. The molecule has 0 bridgehead atoms. The quantitative estimate of drug-likeness (QED) is 0.831. The van der Waals surface area contributed by atoms with E-state index in [0.717, 1.165) is 7.11 Å². The van der Waals surface area contributed by atoms with Gasteiger partial charge in [-0.1, -0.05) is 0 Å². The first kappa shape index (κ1) is 14.7. The van der Waals surface area contributed by atoms with Crippen molar-refractivity contribution in [2.24, 2.45) is 0 Å². The third-order valence-electron chi connectivity index (χ3n) is 2.00. The number of aromatic carboxylic acids is 1.